The molecule has 4 nitrogen and oxygen atoms in total. The molecule has 1 rings (SSSR count). The monoisotopic (exact) mass is 241 g/mol. The summed E-state index contributed by atoms with van der Waals surface area (Å²) in [5.74, 6) is -1.51. The van der Waals surface area contributed by atoms with E-state index in [0.29, 0.717) is 12.8 Å². The highest BCUT2D eigenvalue weighted by atomic mass is 19.4. The van der Waals surface area contributed by atoms with Crippen molar-refractivity contribution in [3.05, 3.63) is 0 Å². The van der Waals surface area contributed by atoms with E-state index in [1.165, 1.54) is 0 Å². The molecule has 0 bridgehead atoms. The number of hydrogen-bond acceptors (Lipinski definition) is 3. The van der Waals surface area contributed by atoms with E-state index in [1.807, 2.05) is 0 Å². The summed E-state index contributed by atoms with van der Waals surface area (Å²) in [4.78, 5) is 11.6. The van der Waals surface area contributed by atoms with Crippen molar-refractivity contribution in [2.45, 2.75) is 37.6 Å². The fourth-order valence-corrected chi connectivity index (χ4v) is 1.45. The van der Waals surface area contributed by atoms with Crippen molar-refractivity contribution in [3.63, 3.8) is 0 Å². The molecule has 0 aromatic heterocycles. The van der Waals surface area contributed by atoms with Crippen molar-refractivity contribution < 1.29 is 28.2 Å². The lowest BCUT2D eigenvalue weighted by molar-refractivity contribution is -0.169. The van der Waals surface area contributed by atoms with Crippen LogP contribution in [0.5, 0.6) is 0 Å². The number of aliphatic carboxylic acids is 1. The minimum Gasteiger partial charge on any atom is -0.479 e. The second-order valence-electron chi connectivity index (χ2n) is 4.33. The van der Waals surface area contributed by atoms with Gasteiger partial charge < -0.3 is 10.2 Å². The van der Waals surface area contributed by atoms with Crippen molar-refractivity contribution in [1.82, 2.24) is 4.90 Å². The molecule has 0 aromatic rings. The fourth-order valence-electron chi connectivity index (χ4n) is 1.45. The lowest BCUT2D eigenvalue weighted by Gasteiger charge is -2.29. The highest BCUT2D eigenvalue weighted by Gasteiger charge is 2.42. The van der Waals surface area contributed by atoms with Gasteiger partial charge in [0.25, 0.3) is 0 Å². The second-order valence-corrected chi connectivity index (χ2v) is 4.33. The number of carboxylic acid groups (broad SMARTS) is 1. The van der Waals surface area contributed by atoms with Crippen LogP contribution >= 0.6 is 0 Å². The second kappa shape index (κ2) is 4.21. The van der Waals surface area contributed by atoms with Crippen LogP contribution in [0.25, 0.3) is 0 Å². The van der Waals surface area contributed by atoms with Crippen molar-refractivity contribution in [2.75, 3.05) is 13.1 Å². The van der Waals surface area contributed by atoms with Gasteiger partial charge in [0, 0.05) is 12.6 Å². The van der Waals surface area contributed by atoms with Crippen LogP contribution in [0.4, 0.5) is 13.2 Å². The predicted molar refractivity (Wildman–Crippen MR) is 48.9 cm³/mol. The number of alkyl halides is 3. The SMILES string of the molecule is CC(O)(CN(CC(F)(F)F)C1CC1)C(=O)O. The highest BCUT2D eigenvalue weighted by Crippen LogP contribution is 2.31. The average molecular weight is 241 g/mol. The fraction of sp³-hybridized carbons (Fsp3) is 0.889. The van der Waals surface area contributed by atoms with Crippen molar-refractivity contribution in [3.8, 4) is 0 Å². The topological polar surface area (TPSA) is 60.8 Å². The van der Waals surface area contributed by atoms with Gasteiger partial charge in [-0.15, -0.1) is 0 Å². The molecule has 1 saturated carbocycles. The van der Waals surface area contributed by atoms with Crippen LogP contribution in [0, 0.1) is 0 Å². The van der Waals surface area contributed by atoms with Crippen LogP contribution in [0.1, 0.15) is 19.8 Å². The zero-order chi connectivity index (χ0) is 12.6. The molecule has 7 heteroatoms. The Morgan fingerprint density at radius 2 is 1.88 bits per heavy atom. The van der Waals surface area contributed by atoms with Crippen LogP contribution in [-0.4, -0.2) is 52.0 Å². The van der Waals surface area contributed by atoms with Gasteiger partial charge in [0.1, 0.15) is 0 Å². The molecule has 2 N–H and O–H groups in total. The molecular weight excluding hydrogens is 227 g/mol. The maximum atomic E-state index is 12.2. The lowest BCUT2D eigenvalue weighted by atomic mass is 10.1. The molecule has 1 aliphatic carbocycles. The number of aliphatic hydroxyl groups is 1. The molecule has 1 atom stereocenters. The minimum atomic E-state index is -4.38. The summed E-state index contributed by atoms with van der Waals surface area (Å²) in [5.41, 5.74) is -2.14. The van der Waals surface area contributed by atoms with Crippen molar-refractivity contribution in [1.29, 1.82) is 0 Å². The zero-order valence-electron chi connectivity index (χ0n) is 8.79. The molecular formula is C9H14F3NO3. The van der Waals surface area contributed by atoms with Gasteiger partial charge in [-0.25, -0.2) is 4.79 Å². The molecule has 0 amide bonds. The van der Waals surface area contributed by atoms with E-state index in [2.05, 4.69) is 0 Å². The van der Waals surface area contributed by atoms with Gasteiger partial charge in [0.15, 0.2) is 5.60 Å². The summed E-state index contributed by atoms with van der Waals surface area (Å²) in [6.45, 7) is -0.686. The van der Waals surface area contributed by atoms with Crippen LogP contribution in [0.3, 0.4) is 0 Å². The summed E-state index contributed by atoms with van der Waals surface area (Å²) >= 11 is 0. The largest absolute Gasteiger partial charge is 0.479 e. The Balaban J connectivity index is 2.61. The first-order valence-corrected chi connectivity index (χ1v) is 4.88. The molecule has 1 fully saturated rings. The normalized spacial score (nSPS) is 20.9. The number of hydrogen-bond donors (Lipinski definition) is 2. The molecule has 0 aromatic carbocycles. The summed E-state index contributed by atoms with van der Waals surface area (Å²) < 4.78 is 36.6. The summed E-state index contributed by atoms with van der Waals surface area (Å²) in [7, 11) is 0. The lowest BCUT2D eigenvalue weighted by Crippen LogP contribution is -2.50. The van der Waals surface area contributed by atoms with Crippen LogP contribution in [0.15, 0.2) is 0 Å². The Kier molecular flexibility index (Phi) is 3.49. The van der Waals surface area contributed by atoms with Gasteiger partial charge in [0.2, 0.25) is 0 Å². The maximum absolute atomic E-state index is 12.2. The maximum Gasteiger partial charge on any atom is 0.401 e. The molecule has 16 heavy (non-hydrogen) atoms. The molecule has 1 unspecified atom stereocenters. The van der Waals surface area contributed by atoms with E-state index < -0.39 is 30.8 Å². The quantitative estimate of drug-likeness (QED) is 0.749. The Bertz CT molecular complexity index is 274. The number of rotatable bonds is 5. The van der Waals surface area contributed by atoms with E-state index in [0.717, 1.165) is 11.8 Å². The van der Waals surface area contributed by atoms with E-state index in [1.54, 1.807) is 0 Å². The van der Waals surface area contributed by atoms with Crippen LogP contribution < -0.4 is 0 Å². The van der Waals surface area contributed by atoms with Crippen molar-refractivity contribution in [2.24, 2.45) is 0 Å². The van der Waals surface area contributed by atoms with E-state index in [-0.39, 0.29) is 6.04 Å². The van der Waals surface area contributed by atoms with Gasteiger partial charge in [-0.3, -0.25) is 4.90 Å². The molecule has 0 aliphatic heterocycles. The van der Waals surface area contributed by atoms with E-state index in [9.17, 15) is 23.1 Å². The van der Waals surface area contributed by atoms with Gasteiger partial charge in [-0.05, 0) is 19.8 Å². The van der Waals surface area contributed by atoms with Gasteiger partial charge in [-0.2, -0.15) is 13.2 Å². The van der Waals surface area contributed by atoms with E-state index in [4.69, 9.17) is 5.11 Å². The standard InChI is InChI=1S/C9H14F3NO3/c1-8(16,7(14)15)4-13(6-2-3-6)5-9(10,11)12/h6,16H,2-5H2,1H3,(H,14,15). The van der Waals surface area contributed by atoms with Crippen LogP contribution in [0.2, 0.25) is 0 Å². The van der Waals surface area contributed by atoms with Gasteiger partial charge in [-0.1, -0.05) is 0 Å². The summed E-state index contributed by atoms with van der Waals surface area (Å²) in [6.07, 6.45) is -3.14. The number of halogens is 3. The minimum absolute atomic E-state index is 0.257. The number of carbonyl (C=O) groups is 1. The Morgan fingerprint density at radius 1 is 1.38 bits per heavy atom. The molecule has 0 radical (unpaired) electrons. The predicted octanol–water partition coefficient (Wildman–Crippen LogP) is 0.849. The third-order valence-electron chi connectivity index (χ3n) is 2.42. The van der Waals surface area contributed by atoms with Gasteiger partial charge >= 0.3 is 12.1 Å². The Labute approximate surface area is 90.7 Å². The first-order valence-electron chi connectivity index (χ1n) is 4.88. The van der Waals surface area contributed by atoms with E-state index >= 15 is 0 Å². The first-order chi connectivity index (χ1) is 7.12. The Morgan fingerprint density at radius 3 is 2.19 bits per heavy atom. The average Bonchev–Trinajstić information content (AvgIpc) is 2.80. The third-order valence-corrected chi connectivity index (χ3v) is 2.42. The van der Waals surface area contributed by atoms with Crippen LogP contribution in [-0.2, 0) is 4.79 Å². The zero-order valence-corrected chi connectivity index (χ0v) is 8.79. The first kappa shape index (κ1) is 13.2. The summed E-state index contributed by atoms with van der Waals surface area (Å²) in [5, 5.41) is 18.1. The third kappa shape index (κ3) is 3.97. The molecule has 94 valence electrons. The molecule has 0 saturated heterocycles. The number of nitrogens with zero attached hydrogens (tertiary/aromatic N) is 1. The summed E-state index contributed by atoms with van der Waals surface area (Å²) in [6, 6.07) is -0.257. The number of carboxylic acids is 1. The van der Waals surface area contributed by atoms with Crippen molar-refractivity contribution >= 4 is 5.97 Å². The molecule has 1 aliphatic rings. The Hall–Kier alpha value is -0.820. The van der Waals surface area contributed by atoms with Gasteiger partial charge in [0.05, 0.1) is 6.54 Å². The molecule has 0 spiro atoms. The highest BCUT2D eigenvalue weighted by molar-refractivity contribution is 5.76. The molecule has 0 heterocycles. The smallest absolute Gasteiger partial charge is 0.401 e.